The first kappa shape index (κ1) is 10.7. The average Bonchev–Trinajstić information content (AvgIpc) is 2.07. The maximum Gasteiger partial charge on any atom is 0.0750 e. The van der Waals surface area contributed by atoms with Crippen LogP contribution in [0.4, 0.5) is 0 Å². The van der Waals surface area contributed by atoms with E-state index in [4.69, 9.17) is 5.11 Å². The Bertz CT molecular complexity index is 216. The Hall–Kier alpha value is -0.340. The molecule has 0 fully saturated rings. The van der Waals surface area contributed by atoms with Crippen molar-refractivity contribution in [3.63, 3.8) is 0 Å². The molecule has 0 heterocycles. The van der Waals surface area contributed by atoms with Crippen LogP contribution in [-0.2, 0) is 0 Å². The van der Waals surface area contributed by atoms with Crippen molar-refractivity contribution in [1.29, 1.82) is 0 Å². The third kappa shape index (κ3) is 2.12. The molecule has 2 N–H and O–H groups in total. The van der Waals surface area contributed by atoms with Crippen molar-refractivity contribution in [1.82, 2.24) is 0 Å². The molecule has 1 rings (SSSR count). The highest BCUT2D eigenvalue weighted by atomic mass is 16.3. The van der Waals surface area contributed by atoms with Crippen LogP contribution < -0.4 is 0 Å². The van der Waals surface area contributed by atoms with Gasteiger partial charge < -0.3 is 10.2 Å². The molecule has 0 aromatic carbocycles. The fourth-order valence-electron chi connectivity index (χ4n) is 2.25. The molecule has 76 valence electrons. The van der Waals surface area contributed by atoms with E-state index in [1.807, 2.05) is 6.92 Å². The van der Waals surface area contributed by atoms with Crippen LogP contribution in [0.15, 0.2) is 11.1 Å². The van der Waals surface area contributed by atoms with Gasteiger partial charge in [-0.25, -0.2) is 0 Å². The molecule has 0 aromatic rings. The van der Waals surface area contributed by atoms with E-state index in [1.165, 1.54) is 5.57 Å². The van der Waals surface area contributed by atoms with Gasteiger partial charge in [-0.05, 0) is 37.2 Å². The molecule has 1 aliphatic carbocycles. The summed E-state index contributed by atoms with van der Waals surface area (Å²) in [6.07, 6.45) is 2.29. The van der Waals surface area contributed by atoms with E-state index in [2.05, 4.69) is 13.8 Å². The second kappa shape index (κ2) is 3.81. The normalized spacial score (nSPS) is 27.9. The molecule has 2 heteroatoms. The Labute approximate surface area is 80.3 Å². The maximum absolute atomic E-state index is 9.67. The van der Waals surface area contributed by atoms with Crippen LogP contribution in [0.5, 0.6) is 0 Å². The standard InChI is InChI=1S/C11H20O2/c1-8-9(5-7-12)11(2,3)6-4-10(8)13/h10,12-13H,4-7H2,1-3H3. The number of hydrogen-bond acceptors (Lipinski definition) is 2. The minimum Gasteiger partial charge on any atom is -0.396 e. The second-order valence-corrected chi connectivity index (χ2v) is 4.57. The van der Waals surface area contributed by atoms with Crippen molar-refractivity contribution in [3.05, 3.63) is 11.1 Å². The Morgan fingerprint density at radius 3 is 2.62 bits per heavy atom. The molecule has 2 nitrogen and oxygen atoms in total. The molecule has 1 aliphatic rings. The highest BCUT2D eigenvalue weighted by molar-refractivity contribution is 5.25. The molecular formula is C11H20O2. The van der Waals surface area contributed by atoms with Crippen molar-refractivity contribution in [2.75, 3.05) is 6.61 Å². The van der Waals surface area contributed by atoms with Crippen LogP contribution in [-0.4, -0.2) is 22.9 Å². The Balaban J connectivity index is 2.95. The van der Waals surface area contributed by atoms with Gasteiger partial charge in [-0.15, -0.1) is 0 Å². The van der Waals surface area contributed by atoms with Gasteiger partial charge in [-0.2, -0.15) is 0 Å². The van der Waals surface area contributed by atoms with E-state index in [0.29, 0.717) is 6.42 Å². The van der Waals surface area contributed by atoms with E-state index < -0.39 is 0 Å². The van der Waals surface area contributed by atoms with E-state index >= 15 is 0 Å². The van der Waals surface area contributed by atoms with Crippen molar-refractivity contribution in [3.8, 4) is 0 Å². The lowest BCUT2D eigenvalue weighted by atomic mass is 9.71. The molecule has 13 heavy (non-hydrogen) atoms. The summed E-state index contributed by atoms with van der Waals surface area (Å²) in [5.74, 6) is 0. The Morgan fingerprint density at radius 1 is 1.46 bits per heavy atom. The smallest absolute Gasteiger partial charge is 0.0750 e. The third-order valence-electron chi connectivity index (χ3n) is 3.20. The molecule has 0 radical (unpaired) electrons. The lowest BCUT2D eigenvalue weighted by molar-refractivity contribution is 0.155. The van der Waals surface area contributed by atoms with Crippen molar-refractivity contribution < 1.29 is 10.2 Å². The predicted octanol–water partition coefficient (Wildman–Crippen LogP) is 1.87. The monoisotopic (exact) mass is 184 g/mol. The number of aliphatic hydroxyl groups excluding tert-OH is 2. The molecule has 0 spiro atoms. The maximum atomic E-state index is 9.67. The lowest BCUT2D eigenvalue weighted by Gasteiger charge is -2.36. The van der Waals surface area contributed by atoms with E-state index in [0.717, 1.165) is 18.4 Å². The number of aliphatic hydroxyl groups is 2. The van der Waals surface area contributed by atoms with Crippen LogP contribution in [0.25, 0.3) is 0 Å². The fraction of sp³-hybridized carbons (Fsp3) is 0.818. The average molecular weight is 184 g/mol. The van der Waals surface area contributed by atoms with E-state index in [9.17, 15) is 5.11 Å². The molecular weight excluding hydrogens is 164 g/mol. The Morgan fingerprint density at radius 2 is 2.08 bits per heavy atom. The minimum absolute atomic E-state index is 0.159. The minimum atomic E-state index is -0.283. The summed E-state index contributed by atoms with van der Waals surface area (Å²) >= 11 is 0. The largest absolute Gasteiger partial charge is 0.396 e. The zero-order valence-electron chi connectivity index (χ0n) is 8.80. The molecule has 0 bridgehead atoms. The second-order valence-electron chi connectivity index (χ2n) is 4.57. The summed E-state index contributed by atoms with van der Waals surface area (Å²) in [4.78, 5) is 0. The summed E-state index contributed by atoms with van der Waals surface area (Å²) in [6.45, 7) is 6.54. The zero-order valence-corrected chi connectivity index (χ0v) is 8.80. The molecule has 0 saturated carbocycles. The Kier molecular flexibility index (Phi) is 3.14. The summed E-state index contributed by atoms with van der Waals surface area (Å²) in [5, 5.41) is 18.6. The van der Waals surface area contributed by atoms with Crippen LogP contribution in [0.2, 0.25) is 0 Å². The van der Waals surface area contributed by atoms with Gasteiger partial charge in [0.1, 0.15) is 0 Å². The fourth-order valence-corrected chi connectivity index (χ4v) is 2.25. The highest BCUT2D eigenvalue weighted by Crippen LogP contribution is 2.41. The van der Waals surface area contributed by atoms with Gasteiger partial charge in [-0.3, -0.25) is 0 Å². The summed E-state index contributed by atoms with van der Waals surface area (Å²) in [5.41, 5.74) is 2.48. The van der Waals surface area contributed by atoms with Crippen LogP contribution in [0.1, 0.15) is 40.0 Å². The molecule has 0 aromatic heterocycles. The van der Waals surface area contributed by atoms with Gasteiger partial charge in [-0.1, -0.05) is 19.4 Å². The van der Waals surface area contributed by atoms with Crippen molar-refractivity contribution in [2.45, 2.75) is 46.1 Å². The lowest BCUT2D eigenvalue weighted by Crippen LogP contribution is -2.28. The number of hydrogen-bond donors (Lipinski definition) is 2. The van der Waals surface area contributed by atoms with Gasteiger partial charge in [0.15, 0.2) is 0 Å². The molecule has 1 atom stereocenters. The van der Waals surface area contributed by atoms with Gasteiger partial charge in [0.25, 0.3) is 0 Å². The topological polar surface area (TPSA) is 40.5 Å². The SMILES string of the molecule is CC1=C(CCO)C(C)(C)CCC1O. The molecule has 0 amide bonds. The van der Waals surface area contributed by atoms with Crippen molar-refractivity contribution >= 4 is 0 Å². The van der Waals surface area contributed by atoms with Crippen LogP contribution >= 0.6 is 0 Å². The first-order valence-corrected chi connectivity index (χ1v) is 4.98. The third-order valence-corrected chi connectivity index (χ3v) is 3.20. The van der Waals surface area contributed by atoms with Gasteiger partial charge in [0, 0.05) is 6.61 Å². The molecule has 1 unspecified atom stereocenters. The van der Waals surface area contributed by atoms with E-state index in [-0.39, 0.29) is 18.1 Å². The summed E-state index contributed by atoms with van der Waals surface area (Å²) < 4.78 is 0. The van der Waals surface area contributed by atoms with Crippen molar-refractivity contribution in [2.24, 2.45) is 5.41 Å². The van der Waals surface area contributed by atoms with E-state index in [1.54, 1.807) is 0 Å². The van der Waals surface area contributed by atoms with Crippen LogP contribution in [0, 0.1) is 5.41 Å². The first-order chi connectivity index (χ1) is 5.99. The van der Waals surface area contributed by atoms with Gasteiger partial charge in [0.05, 0.1) is 6.10 Å². The van der Waals surface area contributed by atoms with Crippen LogP contribution in [0.3, 0.4) is 0 Å². The first-order valence-electron chi connectivity index (χ1n) is 4.98. The zero-order chi connectivity index (χ0) is 10.1. The number of rotatable bonds is 2. The predicted molar refractivity (Wildman–Crippen MR) is 53.4 cm³/mol. The summed E-state index contributed by atoms with van der Waals surface area (Å²) in [7, 11) is 0. The quantitative estimate of drug-likeness (QED) is 0.643. The molecule has 0 aliphatic heterocycles. The van der Waals surface area contributed by atoms with Gasteiger partial charge >= 0.3 is 0 Å². The summed E-state index contributed by atoms with van der Waals surface area (Å²) in [6, 6.07) is 0. The van der Waals surface area contributed by atoms with Gasteiger partial charge in [0.2, 0.25) is 0 Å². The molecule has 0 saturated heterocycles. The highest BCUT2D eigenvalue weighted by Gasteiger charge is 2.31.